The van der Waals surface area contributed by atoms with Crippen molar-refractivity contribution in [2.45, 2.75) is 20.0 Å². The molecule has 0 aliphatic heterocycles. The summed E-state index contributed by atoms with van der Waals surface area (Å²) in [6.07, 6.45) is 1.89. The van der Waals surface area contributed by atoms with E-state index in [-0.39, 0.29) is 12.0 Å². The van der Waals surface area contributed by atoms with Crippen molar-refractivity contribution in [1.82, 2.24) is 9.78 Å². The molecular formula is C14H17N3O2. The van der Waals surface area contributed by atoms with Crippen LogP contribution in [0.2, 0.25) is 0 Å². The molecule has 0 spiro atoms. The van der Waals surface area contributed by atoms with E-state index in [4.69, 9.17) is 4.74 Å². The van der Waals surface area contributed by atoms with Crippen LogP contribution in [0, 0.1) is 0 Å². The van der Waals surface area contributed by atoms with Gasteiger partial charge in [-0.15, -0.1) is 0 Å². The van der Waals surface area contributed by atoms with Gasteiger partial charge in [0.15, 0.2) is 5.82 Å². The summed E-state index contributed by atoms with van der Waals surface area (Å²) >= 11 is 0. The summed E-state index contributed by atoms with van der Waals surface area (Å²) in [7, 11) is 1.80. The minimum atomic E-state index is -0.185. The van der Waals surface area contributed by atoms with Gasteiger partial charge in [0.05, 0.1) is 6.10 Å². The van der Waals surface area contributed by atoms with Gasteiger partial charge >= 0.3 is 0 Å². The molecular weight excluding hydrogens is 242 g/mol. The van der Waals surface area contributed by atoms with Crippen LogP contribution >= 0.6 is 0 Å². The summed E-state index contributed by atoms with van der Waals surface area (Å²) in [5.74, 6) is 1.11. The Bertz CT molecular complexity index is 558. The van der Waals surface area contributed by atoms with Gasteiger partial charge in [-0.2, -0.15) is 5.10 Å². The molecule has 1 aromatic heterocycles. The molecule has 1 N–H and O–H groups in total. The lowest BCUT2D eigenvalue weighted by Crippen LogP contribution is -2.12. The maximum Gasteiger partial charge on any atom is 0.256 e. The van der Waals surface area contributed by atoms with Crippen molar-refractivity contribution in [3.8, 4) is 5.75 Å². The number of nitrogens with zero attached hydrogens (tertiary/aromatic N) is 2. The Hall–Kier alpha value is -2.30. The topological polar surface area (TPSA) is 56.1 Å². The Kier molecular flexibility index (Phi) is 3.85. The van der Waals surface area contributed by atoms with E-state index in [1.807, 2.05) is 13.8 Å². The average Bonchev–Trinajstić information content (AvgIpc) is 2.75. The zero-order valence-corrected chi connectivity index (χ0v) is 11.3. The van der Waals surface area contributed by atoms with E-state index in [9.17, 15) is 4.79 Å². The van der Waals surface area contributed by atoms with Gasteiger partial charge in [0.2, 0.25) is 0 Å². The molecule has 0 aliphatic rings. The van der Waals surface area contributed by atoms with E-state index in [2.05, 4.69) is 10.4 Å². The highest BCUT2D eigenvalue weighted by Gasteiger charge is 2.08. The minimum Gasteiger partial charge on any atom is -0.491 e. The van der Waals surface area contributed by atoms with Crippen molar-refractivity contribution in [2.75, 3.05) is 5.32 Å². The van der Waals surface area contributed by atoms with E-state index in [0.29, 0.717) is 11.4 Å². The molecule has 2 rings (SSSR count). The zero-order valence-electron chi connectivity index (χ0n) is 11.3. The van der Waals surface area contributed by atoms with Crippen LogP contribution in [0.5, 0.6) is 5.75 Å². The fraction of sp³-hybridized carbons (Fsp3) is 0.286. The van der Waals surface area contributed by atoms with E-state index >= 15 is 0 Å². The molecule has 1 amide bonds. The first-order chi connectivity index (χ1) is 9.04. The van der Waals surface area contributed by atoms with E-state index in [0.717, 1.165) is 5.75 Å². The number of rotatable bonds is 4. The third-order valence-corrected chi connectivity index (χ3v) is 2.44. The van der Waals surface area contributed by atoms with E-state index < -0.39 is 0 Å². The van der Waals surface area contributed by atoms with Gasteiger partial charge in [-0.25, -0.2) is 0 Å². The summed E-state index contributed by atoms with van der Waals surface area (Å²) in [6.45, 7) is 3.92. The maximum atomic E-state index is 12.0. The van der Waals surface area contributed by atoms with Crippen LogP contribution in [-0.2, 0) is 7.05 Å². The van der Waals surface area contributed by atoms with Crippen molar-refractivity contribution < 1.29 is 9.53 Å². The zero-order chi connectivity index (χ0) is 13.8. The van der Waals surface area contributed by atoms with Gasteiger partial charge in [0.1, 0.15) is 5.75 Å². The Balaban J connectivity index is 2.03. The second kappa shape index (κ2) is 5.56. The SMILES string of the molecule is CC(C)Oc1ccc(C(=O)Nc2ccn(C)n2)cc1. The van der Waals surface area contributed by atoms with Crippen molar-refractivity contribution in [2.24, 2.45) is 7.05 Å². The Morgan fingerprint density at radius 1 is 1.26 bits per heavy atom. The lowest BCUT2D eigenvalue weighted by Gasteiger charge is -2.09. The third-order valence-electron chi connectivity index (χ3n) is 2.44. The van der Waals surface area contributed by atoms with Gasteiger partial charge in [-0.1, -0.05) is 0 Å². The van der Waals surface area contributed by atoms with Gasteiger partial charge in [-0.3, -0.25) is 9.48 Å². The highest BCUT2D eigenvalue weighted by atomic mass is 16.5. The fourth-order valence-corrected chi connectivity index (χ4v) is 1.63. The molecule has 0 saturated carbocycles. The smallest absolute Gasteiger partial charge is 0.256 e. The van der Waals surface area contributed by atoms with Gasteiger partial charge < -0.3 is 10.1 Å². The molecule has 0 saturated heterocycles. The van der Waals surface area contributed by atoms with Crippen molar-refractivity contribution in [3.05, 3.63) is 42.1 Å². The number of carbonyl (C=O) groups excluding carboxylic acids is 1. The molecule has 0 unspecified atom stereocenters. The molecule has 19 heavy (non-hydrogen) atoms. The molecule has 0 bridgehead atoms. The van der Waals surface area contributed by atoms with Gasteiger partial charge in [0, 0.05) is 24.9 Å². The fourth-order valence-electron chi connectivity index (χ4n) is 1.63. The third kappa shape index (κ3) is 3.58. The monoisotopic (exact) mass is 259 g/mol. The number of amides is 1. The summed E-state index contributed by atoms with van der Waals surface area (Å²) in [6, 6.07) is 8.78. The molecule has 0 fully saturated rings. The lowest BCUT2D eigenvalue weighted by molar-refractivity contribution is 0.102. The molecule has 5 nitrogen and oxygen atoms in total. The first-order valence-electron chi connectivity index (χ1n) is 6.12. The number of carbonyl (C=O) groups is 1. The molecule has 0 aliphatic carbocycles. The highest BCUT2D eigenvalue weighted by molar-refractivity contribution is 6.03. The largest absolute Gasteiger partial charge is 0.491 e. The number of hydrogen-bond acceptors (Lipinski definition) is 3. The number of anilines is 1. The average molecular weight is 259 g/mol. The van der Waals surface area contributed by atoms with Crippen molar-refractivity contribution in [1.29, 1.82) is 0 Å². The molecule has 2 aromatic rings. The van der Waals surface area contributed by atoms with Crippen LogP contribution < -0.4 is 10.1 Å². The van der Waals surface area contributed by atoms with Crippen LogP contribution in [0.3, 0.4) is 0 Å². The predicted octanol–water partition coefficient (Wildman–Crippen LogP) is 2.46. The van der Waals surface area contributed by atoms with Crippen molar-refractivity contribution in [3.63, 3.8) is 0 Å². The summed E-state index contributed by atoms with van der Waals surface area (Å²) < 4.78 is 7.16. The van der Waals surface area contributed by atoms with Crippen LogP contribution in [0.4, 0.5) is 5.82 Å². The molecule has 1 heterocycles. The summed E-state index contributed by atoms with van der Waals surface area (Å²) in [4.78, 5) is 12.0. The first-order valence-corrected chi connectivity index (χ1v) is 6.12. The second-order valence-electron chi connectivity index (χ2n) is 4.52. The number of ether oxygens (including phenoxy) is 1. The molecule has 1 aromatic carbocycles. The van der Waals surface area contributed by atoms with Crippen LogP contribution in [-0.4, -0.2) is 21.8 Å². The molecule has 5 heteroatoms. The van der Waals surface area contributed by atoms with Gasteiger partial charge in [0.25, 0.3) is 5.91 Å². The van der Waals surface area contributed by atoms with Crippen LogP contribution in [0.1, 0.15) is 24.2 Å². The quantitative estimate of drug-likeness (QED) is 0.917. The predicted molar refractivity (Wildman–Crippen MR) is 73.4 cm³/mol. The maximum absolute atomic E-state index is 12.0. The second-order valence-corrected chi connectivity index (χ2v) is 4.52. The molecule has 100 valence electrons. The Labute approximate surface area is 112 Å². The van der Waals surface area contributed by atoms with E-state index in [1.165, 1.54) is 0 Å². The van der Waals surface area contributed by atoms with Gasteiger partial charge in [-0.05, 0) is 38.1 Å². The standard InChI is InChI=1S/C14H17N3O2/c1-10(2)19-12-6-4-11(5-7-12)14(18)15-13-8-9-17(3)16-13/h4-10H,1-3H3,(H,15,16,18). The number of hydrogen-bond donors (Lipinski definition) is 1. The normalized spacial score (nSPS) is 10.5. The molecule has 0 atom stereocenters. The van der Waals surface area contributed by atoms with Crippen molar-refractivity contribution >= 4 is 11.7 Å². The highest BCUT2D eigenvalue weighted by Crippen LogP contribution is 2.14. The van der Waals surface area contributed by atoms with Crippen LogP contribution in [0.25, 0.3) is 0 Å². The first kappa shape index (κ1) is 13.1. The lowest BCUT2D eigenvalue weighted by atomic mass is 10.2. The molecule has 0 radical (unpaired) electrons. The number of aryl methyl sites for hydroxylation is 1. The number of aromatic nitrogens is 2. The number of benzene rings is 1. The Morgan fingerprint density at radius 2 is 1.95 bits per heavy atom. The number of nitrogens with one attached hydrogen (secondary N) is 1. The minimum absolute atomic E-state index is 0.119. The van der Waals surface area contributed by atoms with E-state index in [1.54, 1.807) is 48.3 Å². The summed E-state index contributed by atoms with van der Waals surface area (Å²) in [5.41, 5.74) is 0.571. The Morgan fingerprint density at radius 3 is 2.47 bits per heavy atom. The van der Waals surface area contributed by atoms with Crippen LogP contribution in [0.15, 0.2) is 36.5 Å². The summed E-state index contributed by atoms with van der Waals surface area (Å²) in [5, 5.41) is 6.82.